The van der Waals surface area contributed by atoms with Crippen LogP contribution in [0.2, 0.25) is 0 Å². The van der Waals surface area contributed by atoms with Crippen molar-refractivity contribution in [1.82, 2.24) is 0 Å². The van der Waals surface area contributed by atoms with Crippen molar-refractivity contribution in [2.75, 3.05) is 41.3 Å². The molecule has 0 unspecified atom stereocenters. The van der Waals surface area contributed by atoms with Crippen LogP contribution in [0.3, 0.4) is 0 Å². The molecule has 0 amide bonds. The van der Waals surface area contributed by atoms with Gasteiger partial charge in [-0.1, -0.05) is 84.9 Å². The molecule has 0 aromatic heterocycles. The van der Waals surface area contributed by atoms with Crippen molar-refractivity contribution in [3.63, 3.8) is 0 Å². The van der Waals surface area contributed by atoms with Gasteiger partial charge in [0.2, 0.25) is 0 Å². The highest BCUT2D eigenvalue weighted by Gasteiger charge is 2.23. The lowest BCUT2D eigenvalue weighted by Crippen LogP contribution is -2.49. The Kier molecular flexibility index (Phi) is 12.6. The molecule has 0 heterocycles. The number of non-ortho nitro benzene ring substituents is 2. The monoisotopic (exact) mass is 574 g/mol. The molecule has 0 N–H and O–H groups in total. The lowest BCUT2D eigenvalue weighted by atomic mass is 10.2. The van der Waals surface area contributed by atoms with Crippen LogP contribution in [0.5, 0.6) is 11.5 Å². The van der Waals surface area contributed by atoms with Gasteiger partial charge in [0.15, 0.2) is 0 Å². The van der Waals surface area contributed by atoms with E-state index in [2.05, 4.69) is 88.9 Å². The average molecular weight is 575 g/mol. The molecule has 0 aliphatic rings. The first-order chi connectivity index (χ1) is 19.8. The average Bonchev–Trinajstić information content (AvgIpc) is 2.94. The molecule has 0 aliphatic heterocycles. The van der Waals surface area contributed by atoms with Crippen LogP contribution in [0.25, 0.3) is 0 Å². The van der Waals surface area contributed by atoms with Crippen molar-refractivity contribution >= 4 is 11.4 Å². The number of nitro benzene ring substituents is 2. The molecule has 0 aliphatic carbocycles. The van der Waals surface area contributed by atoms with Crippen LogP contribution in [0, 0.1) is 20.2 Å². The van der Waals surface area contributed by atoms with E-state index in [1.807, 2.05) is 0 Å². The van der Waals surface area contributed by atoms with Gasteiger partial charge in [-0.15, -0.1) is 11.5 Å². The number of nitro groups is 2. The van der Waals surface area contributed by atoms with Crippen LogP contribution < -0.4 is 10.2 Å². The van der Waals surface area contributed by atoms with E-state index in [4.69, 9.17) is 0 Å². The van der Waals surface area contributed by atoms with E-state index in [1.54, 1.807) is 0 Å². The molecular weight excluding hydrogens is 536 g/mol. The number of quaternary nitrogens is 2. The van der Waals surface area contributed by atoms with E-state index < -0.39 is 9.85 Å². The second-order valence-corrected chi connectivity index (χ2v) is 11.1. The molecule has 0 saturated carbocycles. The molecule has 0 spiro atoms. The SMILES string of the molecule is C[N+](C)(CC[N+](C)(C)Cc1ccccc1)Cc1ccccc1.O=[N+]([O-])c1ccc([O-])cc1.O=[N+]([O-])c1ccc([O-])cc1. The molecule has 4 rings (SSSR count). The summed E-state index contributed by atoms with van der Waals surface area (Å²) in [6.07, 6.45) is 0. The Hall–Kier alpha value is -4.80. The molecule has 10 nitrogen and oxygen atoms in total. The fraction of sp³-hybridized carbons (Fsp3) is 0.250. The Morgan fingerprint density at radius 2 is 0.786 bits per heavy atom. The third-order valence-electron chi connectivity index (χ3n) is 6.31. The van der Waals surface area contributed by atoms with Crippen LogP contribution in [0.1, 0.15) is 11.1 Å². The van der Waals surface area contributed by atoms with Gasteiger partial charge in [0.1, 0.15) is 26.2 Å². The molecular formula is C32H38N4O6. The molecule has 4 aromatic carbocycles. The molecule has 42 heavy (non-hydrogen) atoms. The minimum Gasteiger partial charge on any atom is -0.872 e. The van der Waals surface area contributed by atoms with Gasteiger partial charge in [-0.3, -0.25) is 20.2 Å². The van der Waals surface area contributed by atoms with Gasteiger partial charge < -0.3 is 19.2 Å². The summed E-state index contributed by atoms with van der Waals surface area (Å²) < 4.78 is 2.06. The maximum Gasteiger partial charge on any atom is 0.269 e. The van der Waals surface area contributed by atoms with Gasteiger partial charge >= 0.3 is 0 Å². The lowest BCUT2D eigenvalue weighted by molar-refractivity contribution is -0.958. The first kappa shape index (κ1) is 33.4. The van der Waals surface area contributed by atoms with Gasteiger partial charge in [-0.05, 0) is 0 Å². The van der Waals surface area contributed by atoms with Gasteiger partial charge in [0, 0.05) is 35.4 Å². The molecule has 0 atom stereocenters. The van der Waals surface area contributed by atoms with E-state index in [0.717, 1.165) is 46.3 Å². The number of hydrogen-bond acceptors (Lipinski definition) is 6. The molecule has 4 aromatic rings. The summed E-state index contributed by atoms with van der Waals surface area (Å²) in [5, 5.41) is 40.9. The highest BCUT2D eigenvalue weighted by atomic mass is 16.6. The van der Waals surface area contributed by atoms with Crippen molar-refractivity contribution in [2.45, 2.75) is 13.1 Å². The van der Waals surface area contributed by atoms with Crippen LogP contribution >= 0.6 is 0 Å². The topological polar surface area (TPSA) is 132 Å². The van der Waals surface area contributed by atoms with Gasteiger partial charge in [-0.2, -0.15) is 0 Å². The standard InChI is InChI=1S/C20H30N2.2C6H5NO3/c1-21(2,17-19-11-7-5-8-12-19)15-16-22(3,4)18-20-13-9-6-10-14-20;2*8-6-3-1-5(2-4-6)7(9)10/h5-14H,15-18H2,1-4H3;2*1-4,8H/q+2;;/p-2. The summed E-state index contributed by atoms with van der Waals surface area (Å²) in [4.78, 5) is 18.9. The van der Waals surface area contributed by atoms with E-state index in [1.165, 1.54) is 48.5 Å². The number of likely N-dealkylation sites (N-methyl/N-ethyl adjacent to an activating group) is 2. The first-order valence-electron chi connectivity index (χ1n) is 13.3. The highest BCUT2D eigenvalue weighted by Crippen LogP contribution is 2.15. The second kappa shape index (κ2) is 15.8. The third kappa shape index (κ3) is 13.0. The summed E-state index contributed by atoms with van der Waals surface area (Å²) in [5.41, 5.74) is 2.72. The van der Waals surface area contributed by atoms with Gasteiger partial charge in [0.05, 0.1) is 38.0 Å². The predicted octanol–water partition coefficient (Wildman–Crippen LogP) is 4.88. The van der Waals surface area contributed by atoms with E-state index in [0.29, 0.717) is 0 Å². The molecule has 0 saturated heterocycles. The van der Waals surface area contributed by atoms with Crippen molar-refractivity contribution in [3.8, 4) is 11.5 Å². The quantitative estimate of drug-likeness (QED) is 0.159. The Morgan fingerprint density at radius 3 is 1.05 bits per heavy atom. The first-order valence-corrected chi connectivity index (χ1v) is 13.3. The van der Waals surface area contributed by atoms with Crippen molar-refractivity contribution in [3.05, 3.63) is 141 Å². The Morgan fingerprint density at radius 1 is 0.500 bits per heavy atom. The molecule has 10 heteroatoms. The van der Waals surface area contributed by atoms with Crippen molar-refractivity contribution in [1.29, 1.82) is 0 Å². The molecule has 0 bridgehead atoms. The highest BCUT2D eigenvalue weighted by molar-refractivity contribution is 5.35. The zero-order valence-electron chi connectivity index (χ0n) is 24.5. The second-order valence-electron chi connectivity index (χ2n) is 11.1. The number of nitrogens with zero attached hydrogens (tertiary/aromatic N) is 4. The van der Waals surface area contributed by atoms with Gasteiger partial charge in [0.25, 0.3) is 11.4 Å². The minimum atomic E-state index is -0.542. The summed E-state index contributed by atoms with van der Waals surface area (Å²) >= 11 is 0. The number of hydrogen-bond donors (Lipinski definition) is 0. The maximum absolute atomic E-state index is 10.4. The summed E-state index contributed by atoms with van der Waals surface area (Å²) in [6, 6.07) is 31.0. The number of rotatable bonds is 9. The smallest absolute Gasteiger partial charge is 0.269 e. The van der Waals surface area contributed by atoms with Crippen molar-refractivity contribution in [2.24, 2.45) is 0 Å². The summed E-state index contributed by atoms with van der Waals surface area (Å²) in [5.74, 6) is -0.434. The zero-order chi connectivity index (χ0) is 31.2. The molecule has 0 fully saturated rings. The Balaban J connectivity index is 0.000000254. The molecule has 222 valence electrons. The van der Waals surface area contributed by atoms with E-state index in [9.17, 15) is 30.4 Å². The summed E-state index contributed by atoms with van der Waals surface area (Å²) in [7, 11) is 9.32. The van der Waals surface area contributed by atoms with Crippen molar-refractivity contribution < 1.29 is 29.0 Å². The Bertz CT molecular complexity index is 1270. The lowest BCUT2D eigenvalue weighted by Gasteiger charge is -2.35. The largest absolute Gasteiger partial charge is 0.872 e. The third-order valence-corrected chi connectivity index (χ3v) is 6.31. The normalized spacial score (nSPS) is 10.9. The fourth-order valence-electron chi connectivity index (χ4n) is 3.99. The predicted molar refractivity (Wildman–Crippen MR) is 159 cm³/mol. The maximum atomic E-state index is 10.4. The zero-order valence-corrected chi connectivity index (χ0v) is 24.5. The van der Waals surface area contributed by atoms with Crippen LogP contribution in [-0.2, 0) is 13.1 Å². The minimum absolute atomic E-state index is 0.0559. The Labute approximate surface area is 246 Å². The number of benzene rings is 4. The van der Waals surface area contributed by atoms with Crippen LogP contribution in [0.4, 0.5) is 11.4 Å². The summed E-state index contributed by atoms with van der Waals surface area (Å²) in [6.45, 7) is 4.53. The van der Waals surface area contributed by atoms with Crippen LogP contribution in [0.15, 0.2) is 109 Å². The van der Waals surface area contributed by atoms with E-state index in [-0.39, 0.29) is 22.9 Å². The molecule has 0 radical (unpaired) electrons. The fourth-order valence-corrected chi connectivity index (χ4v) is 3.99. The van der Waals surface area contributed by atoms with Crippen LogP contribution in [-0.4, -0.2) is 60.1 Å². The van der Waals surface area contributed by atoms with E-state index >= 15 is 0 Å². The van der Waals surface area contributed by atoms with Gasteiger partial charge in [-0.25, -0.2) is 0 Å².